The predicted octanol–water partition coefficient (Wildman–Crippen LogP) is 1.69. The quantitative estimate of drug-likeness (QED) is 0.835. The number of hydrogen-bond donors (Lipinski definition) is 1. The minimum absolute atomic E-state index is 0.154. The summed E-state index contributed by atoms with van der Waals surface area (Å²) in [6.45, 7) is 4.36. The summed E-state index contributed by atoms with van der Waals surface area (Å²) < 4.78 is 37.5. The van der Waals surface area contributed by atoms with E-state index in [2.05, 4.69) is 20.8 Å². The first-order chi connectivity index (χ1) is 7.94. The normalized spacial score (nSPS) is 13.9. The second-order valence-electron chi connectivity index (χ2n) is 3.80. The number of hydrogen-bond acceptors (Lipinski definition) is 4. The van der Waals surface area contributed by atoms with E-state index in [0.717, 1.165) is 13.0 Å². The van der Waals surface area contributed by atoms with Crippen molar-refractivity contribution in [3.05, 3.63) is 5.82 Å². The first-order valence-corrected chi connectivity index (χ1v) is 5.50. The van der Waals surface area contributed by atoms with Crippen molar-refractivity contribution < 1.29 is 13.2 Å². The van der Waals surface area contributed by atoms with E-state index in [-0.39, 0.29) is 12.6 Å². The Bertz CT molecular complexity index is 336. The molecule has 0 aliphatic carbocycles. The highest BCUT2D eigenvalue weighted by Gasteiger charge is 2.28. The molecule has 1 N–H and O–H groups in total. The summed E-state index contributed by atoms with van der Waals surface area (Å²) in [6, 6.07) is -0.154. The van der Waals surface area contributed by atoms with Gasteiger partial charge >= 0.3 is 6.18 Å². The molecule has 0 aliphatic rings. The maximum atomic E-state index is 12.1. The summed E-state index contributed by atoms with van der Waals surface area (Å²) in [7, 11) is 0. The van der Waals surface area contributed by atoms with Crippen LogP contribution in [-0.2, 0) is 6.54 Å². The van der Waals surface area contributed by atoms with E-state index >= 15 is 0 Å². The van der Waals surface area contributed by atoms with E-state index in [9.17, 15) is 13.2 Å². The molecule has 0 aliphatic heterocycles. The van der Waals surface area contributed by atoms with Crippen LogP contribution in [-0.4, -0.2) is 32.9 Å². The maximum Gasteiger partial charge on any atom is 0.390 e. The van der Waals surface area contributed by atoms with Crippen LogP contribution in [0, 0.1) is 0 Å². The third kappa shape index (κ3) is 4.68. The standard InChI is InChI=1S/C9H16F3N5/c1-3-5-13-7(2)8-14-15-16-17(8)6-4-9(10,11)12/h7,13H,3-6H2,1-2H3. The third-order valence-corrected chi connectivity index (χ3v) is 2.25. The molecule has 98 valence electrons. The van der Waals surface area contributed by atoms with Gasteiger partial charge in [-0.3, -0.25) is 0 Å². The molecule has 0 saturated heterocycles. The van der Waals surface area contributed by atoms with Gasteiger partial charge in [-0.1, -0.05) is 6.92 Å². The van der Waals surface area contributed by atoms with Crippen molar-refractivity contribution in [3.63, 3.8) is 0 Å². The van der Waals surface area contributed by atoms with Gasteiger partial charge in [0.05, 0.1) is 19.0 Å². The fourth-order valence-electron chi connectivity index (χ4n) is 1.37. The zero-order chi connectivity index (χ0) is 12.9. The summed E-state index contributed by atoms with van der Waals surface area (Å²) in [5.41, 5.74) is 0. The molecule has 1 aromatic heterocycles. The molecule has 1 rings (SSSR count). The molecule has 8 heteroatoms. The van der Waals surface area contributed by atoms with Gasteiger partial charge in [-0.15, -0.1) is 5.10 Å². The van der Waals surface area contributed by atoms with Crippen molar-refractivity contribution in [2.45, 2.75) is 45.5 Å². The number of tetrazole rings is 1. The molecule has 1 unspecified atom stereocenters. The fourth-order valence-corrected chi connectivity index (χ4v) is 1.37. The van der Waals surface area contributed by atoms with Crippen LogP contribution in [0.4, 0.5) is 13.2 Å². The van der Waals surface area contributed by atoms with Crippen molar-refractivity contribution >= 4 is 0 Å². The molecule has 5 nitrogen and oxygen atoms in total. The Morgan fingerprint density at radius 1 is 1.41 bits per heavy atom. The lowest BCUT2D eigenvalue weighted by Crippen LogP contribution is -2.24. The Labute approximate surface area is 97.4 Å². The summed E-state index contributed by atoms with van der Waals surface area (Å²) >= 11 is 0. The molecule has 1 atom stereocenters. The molecular formula is C9H16F3N5. The van der Waals surface area contributed by atoms with Crippen LogP contribution >= 0.6 is 0 Å². The van der Waals surface area contributed by atoms with Gasteiger partial charge in [-0.2, -0.15) is 13.2 Å². The van der Waals surface area contributed by atoms with E-state index in [1.165, 1.54) is 4.68 Å². The Hall–Kier alpha value is -1.18. The summed E-state index contributed by atoms with van der Waals surface area (Å²) in [5, 5.41) is 13.8. The molecule has 1 heterocycles. The van der Waals surface area contributed by atoms with Crippen molar-refractivity contribution in [2.75, 3.05) is 6.54 Å². The van der Waals surface area contributed by atoms with Crippen molar-refractivity contribution in [1.82, 2.24) is 25.5 Å². The number of aromatic nitrogens is 4. The summed E-state index contributed by atoms with van der Waals surface area (Å²) in [4.78, 5) is 0. The number of halogens is 3. The number of aryl methyl sites for hydroxylation is 1. The zero-order valence-electron chi connectivity index (χ0n) is 9.83. The van der Waals surface area contributed by atoms with Crippen LogP contribution in [0.1, 0.15) is 38.6 Å². The lowest BCUT2D eigenvalue weighted by Gasteiger charge is -2.13. The highest BCUT2D eigenvalue weighted by atomic mass is 19.4. The molecule has 1 aromatic rings. The topological polar surface area (TPSA) is 55.6 Å². The van der Waals surface area contributed by atoms with Gasteiger partial charge in [0, 0.05) is 0 Å². The van der Waals surface area contributed by atoms with E-state index in [1.807, 2.05) is 13.8 Å². The Morgan fingerprint density at radius 2 is 2.12 bits per heavy atom. The molecule has 0 saturated carbocycles. The van der Waals surface area contributed by atoms with Crippen LogP contribution in [0.15, 0.2) is 0 Å². The van der Waals surface area contributed by atoms with Gasteiger partial charge in [0.15, 0.2) is 5.82 Å². The van der Waals surface area contributed by atoms with Crippen LogP contribution < -0.4 is 5.32 Å². The van der Waals surface area contributed by atoms with E-state index < -0.39 is 12.6 Å². The number of nitrogens with one attached hydrogen (secondary N) is 1. The Kier molecular flexibility index (Phi) is 4.86. The molecule has 0 amide bonds. The second kappa shape index (κ2) is 5.95. The average molecular weight is 251 g/mol. The van der Waals surface area contributed by atoms with Gasteiger partial charge in [0.2, 0.25) is 0 Å². The van der Waals surface area contributed by atoms with Crippen LogP contribution in [0.25, 0.3) is 0 Å². The average Bonchev–Trinajstić information content (AvgIpc) is 2.70. The molecule has 17 heavy (non-hydrogen) atoms. The van der Waals surface area contributed by atoms with Gasteiger partial charge in [0.25, 0.3) is 0 Å². The monoisotopic (exact) mass is 251 g/mol. The summed E-state index contributed by atoms with van der Waals surface area (Å²) in [5.74, 6) is 0.433. The van der Waals surface area contributed by atoms with Crippen LogP contribution in [0.5, 0.6) is 0 Å². The Balaban J connectivity index is 2.59. The smallest absolute Gasteiger partial charge is 0.307 e. The largest absolute Gasteiger partial charge is 0.390 e. The number of nitrogens with zero attached hydrogens (tertiary/aromatic N) is 4. The van der Waals surface area contributed by atoms with Crippen LogP contribution in [0.2, 0.25) is 0 Å². The molecule has 0 fully saturated rings. The number of rotatable bonds is 6. The van der Waals surface area contributed by atoms with Gasteiger partial charge in [-0.05, 0) is 30.3 Å². The van der Waals surface area contributed by atoms with E-state index in [4.69, 9.17) is 0 Å². The van der Waals surface area contributed by atoms with Crippen molar-refractivity contribution in [3.8, 4) is 0 Å². The predicted molar refractivity (Wildman–Crippen MR) is 55.2 cm³/mol. The van der Waals surface area contributed by atoms with Crippen LogP contribution in [0.3, 0.4) is 0 Å². The third-order valence-electron chi connectivity index (χ3n) is 2.25. The molecule has 0 aromatic carbocycles. The summed E-state index contributed by atoms with van der Waals surface area (Å²) in [6.07, 6.45) is -4.18. The zero-order valence-corrected chi connectivity index (χ0v) is 9.83. The highest BCUT2D eigenvalue weighted by molar-refractivity contribution is 4.89. The second-order valence-corrected chi connectivity index (χ2v) is 3.80. The van der Waals surface area contributed by atoms with E-state index in [1.54, 1.807) is 0 Å². The first-order valence-electron chi connectivity index (χ1n) is 5.50. The van der Waals surface area contributed by atoms with Crippen molar-refractivity contribution in [2.24, 2.45) is 0 Å². The lowest BCUT2D eigenvalue weighted by molar-refractivity contribution is -0.137. The minimum Gasteiger partial charge on any atom is -0.307 e. The minimum atomic E-state index is -4.19. The van der Waals surface area contributed by atoms with Gasteiger partial charge in [-0.25, -0.2) is 4.68 Å². The Morgan fingerprint density at radius 3 is 2.71 bits per heavy atom. The van der Waals surface area contributed by atoms with Gasteiger partial charge in [0.1, 0.15) is 0 Å². The molecule has 0 bridgehead atoms. The molecule has 0 radical (unpaired) electrons. The van der Waals surface area contributed by atoms with Gasteiger partial charge < -0.3 is 5.32 Å². The van der Waals surface area contributed by atoms with Crippen molar-refractivity contribution in [1.29, 1.82) is 0 Å². The fraction of sp³-hybridized carbons (Fsp3) is 0.889. The first kappa shape index (κ1) is 13.9. The highest BCUT2D eigenvalue weighted by Crippen LogP contribution is 2.20. The number of alkyl halides is 3. The van der Waals surface area contributed by atoms with E-state index in [0.29, 0.717) is 5.82 Å². The SMILES string of the molecule is CCCNC(C)c1nnnn1CCC(F)(F)F. The molecular weight excluding hydrogens is 235 g/mol. The maximum absolute atomic E-state index is 12.1. The molecule has 0 spiro atoms. The lowest BCUT2D eigenvalue weighted by atomic mass is 10.3.